The maximum atomic E-state index is 12.6. The van der Waals surface area contributed by atoms with Gasteiger partial charge in [0.2, 0.25) is 5.91 Å². The van der Waals surface area contributed by atoms with E-state index in [9.17, 15) is 4.79 Å². The number of hydrogen-bond acceptors (Lipinski definition) is 4. The molecular formula is C20H27N3O2S. The van der Waals surface area contributed by atoms with E-state index in [1.165, 1.54) is 17.3 Å². The molecule has 26 heavy (non-hydrogen) atoms. The lowest BCUT2D eigenvalue weighted by Crippen LogP contribution is -2.48. The van der Waals surface area contributed by atoms with Crippen LogP contribution in [-0.2, 0) is 9.53 Å². The Morgan fingerprint density at radius 3 is 2.50 bits per heavy atom. The molecule has 0 radical (unpaired) electrons. The van der Waals surface area contributed by atoms with Crippen LogP contribution in [0.4, 0.5) is 0 Å². The first-order chi connectivity index (χ1) is 12.4. The van der Waals surface area contributed by atoms with Gasteiger partial charge >= 0.3 is 0 Å². The normalized spacial score (nSPS) is 20.6. The topological polar surface area (TPSA) is 47.4 Å². The number of carbonyl (C=O) groups is 1. The number of amides is 1. The molecular weight excluding hydrogens is 346 g/mol. The number of carbonyl (C=O) groups excluding carboxylic acids is 1. The monoisotopic (exact) mass is 373 g/mol. The SMILES string of the molecule is CC(C)c1ccc(-n2ccnc2SCC(=O)N2C[C@@H](C)O[C@@H](C)C2)cc1. The molecule has 3 rings (SSSR count). The molecule has 2 heterocycles. The van der Waals surface area contributed by atoms with Crippen molar-refractivity contribution in [1.82, 2.24) is 14.5 Å². The van der Waals surface area contributed by atoms with Gasteiger partial charge < -0.3 is 9.64 Å². The van der Waals surface area contributed by atoms with Crippen molar-refractivity contribution < 1.29 is 9.53 Å². The van der Waals surface area contributed by atoms with E-state index in [0.29, 0.717) is 24.8 Å². The maximum Gasteiger partial charge on any atom is 0.233 e. The number of imidazole rings is 1. The summed E-state index contributed by atoms with van der Waals surface area (Å²) in [6.07, 6.45) is 3.90. The zero-order valence-corrected chi connectivity index (χ0v) is 16.7. The molecule has 1 amide bonds. The van der Waals surface area contributed by atoms with E-state index < -0.39 is 0 Å². The average Bonchev–Trinajstić information content (AvgIpc) is 3.07. The fourth-order valence-corrected chi connectivity index (χ4v) is 4.09. The summed E-state index contributed by atoms with van der Waals surface area (Å²) >= 11 is 1.48. The van der Waals surface area contributed by atoms with Crippen LogP contribution in [0.5, 0.6) is 0 Å². The average molecular weight is 374 g/mol. The van der Waals surface area contributed by atoms with Gasteiger partial charge in [-0.15, -0.1) is 0 Å². The van der Waals surface area contributed by atoms with Crippen LogP contribution in [0.2, 0.25) is 0 Å². The molecule has 140 valence electrons. The van der Waals surface area contributed by atoms with Gasteiger partial charge in [0, 0.05) is 31.2 Å². The number of morpholine rings is 1. The predicted molar refractivity (Wildman–Crippen MR) is 105 cm³/mol. The molecule has 5 nitrogen and oxygen atoms in total. The maximum absolute atomic E-state index is 12.6. The number of ether oxygens (including phenoxy) is 1. The van der Waals surface area contributed by atoms with E-state index in [4.69, 9.17) is 4.74 Å². The molecule has 0 spiro atoms. The van der Waals surface area contributed by atoms with Crippen LogP contribution in [0.15, 0.2) is 41.8 Å². The zero-order valence-electron chi connectivity index (χ0n) is 15.9. The summed E-state index contributed by atoms with van der Waals surface area (Å²) in [4.78, 5) is 18.9. The molecule has 1 fully saturated rings. The summed E-state index contributed by atoms with van der Waals surface area (Å²) in [6, 6.07) is 8.51. The van der Waals surface area contributed by atoms with Crippen molar-refractivity contribution in [2.75, 3.05) is 18.8 Å². The zero-order chi connectivity index (χ0) is 18.7. The van der Waals surface area contributed by atoms with Gasteiger partial charge in [-0.2, -0.15) is 0 Å². The van der Waals surface area contributed by atoms with Crippen LogP contribution in [0.3, 0.4) is 0 Å². The molecule has 0 bridgehead atoms. The van der Waals surface area contributed by atoms with Gasteiger partial charge in [-0.3, -0.25) is 9.36 Å². The highest BCUT2D eigenvalue weighted by molar-refractivity contribution is 7.99. The Morgan fingerprint density at radius 2 is 1.88 bits per heavy atom. The summed E-state index contributed by atoms with van der Waals surface area (Å²) in [5, 5.41) is 0.838. The molecule has 1 saturated heterocycles. The van der Waals surface area contributed by atoms with Crippen LogP contribution in [0, 0.1) is 0 Å². The standard InChI is InChI=1S/C20H27N3O2S/c1-14(2)17-5-7-18(8-6-17)23-10-9-21-20(23)26-13-19(24)22-11-15(3)25-16(4)12-22/h5-10,14-16H,11-13H2,1-4H3/t15-,16+. The van der Waals surface area contributed by atoms with Gasteiger partial charge in [-0.05, 0) is 37.5 Å². The lowest BCUT2D eigenvalue weighted by atomic mass is 10.0. The van der Waals surface area contributed by atoms with Crippen LogP contribution < -0.4 is 0 Å². The van der Waals surface area contributed by atoms with E-state index in [-0.39, 0.29) is 18.1 Å². The Hall–Kier alpha value is -1.79. The van der Waals surface area contributed by atoms with Crippen molar-refractivity contribution >= 4 is 17.7 Å². The van der Waals surface area contributed by atoms with Gasteiger partial charge in [0.05, 0.1) is 18.0 Å². The van der Waals surface area contributed by atoms with Crippen molar-refractivity contribution in [2.24, 2.45) is 0 Å². The van der Waals surface area contributed by atoms with E-state index in [1.807, 2.05) is 29.5 Å². The third kappa shape index (κ3) is 4.48. The molecule has 1 aromatic heterocycles. The van der Waals surface area contributed by atoms with Gasteiger partial charge in [0.1, 0.15) is 0 Å². The van der Waals surface area contributed by atoms with Crippen LogP contribution in [0.25, 0.3) is 5.69 Å². The highest BCUT2D eigenvalue weighted by Gasteiger charge is 2.26. The van der Waals surface area contributed by atoms with E-state index >= 15 is 0 Å². The van der Waals surface area contributed by atoms with Crippen LogP contribution in [-0.4, -0.2) is 51.4 Å². The van der Waals surface area contributed by atoms with E-state index in [0.717, 1.165) is 10.8 Å². The van der Waals surface area contributed by atoms with Crippen molar-refractivity contribution in [2.45, 2.75) is 51.0 Å². The second-order valence-electron chi connectivity index (χ2n) is 7.17. The lowest BCUT2D eigenvalue weighted by molar-refractivity contribution is -0.140. The summed E-state index contributed by atoms with van der Waals surface area (Å²) in [6.45, 7) is 9.72. The summed E-state index contributed by atoms with van der Waals surface area (Å²) in [5.41, 5.74) is 2.38. The minimum atomic E-state index is 0.0918. The molecule has 0 unspecified atom stereocenters. The first kappa shape index (κ1) is 19.0. The highest BCUT2D eigenvalue weighted by atomic mass is 32.2. The first-order valence-corrected chi connectivity index (χ1v) is 10.1. The Morgan fingerprint density at radius 1 is 1.23 bits per heavy atom. The Kier molecular flexibility index (Phi) is 6.04. The second kappa shape index (κ2) is 8.27. The number of rotatable bonds is 5. The minimum absolute atomic E-state index is 0.0918. The van der Waals surface area contributed by atoms with Crippen molar-refractivity contribution in [3.8, 4) is 5.69 Å². The van der Waals surface area contributed by atoms with Crippen molar-refractivity contribution in [1.29, 1.82) is 0 Å². The summed E-state index contributed by atoms with van der Waals surface area (Å²) in [7, 11) is 0. The van der Waals surface area contributed by atoms with Crippen molar-refractivity contribution in [3.63, 3.8) is 0 Å². The summed E-state index contributed by atoms with van der Waals surface area (Å²) < 4.78 is 7.74. The van der Waals surface area contributed by atoms with Gasteiger partial charge in [-0.1, -0.05) is 37.7 Å². The quantitative estimate of drug-likeness (QED) is 0.750. The van der Waals surface area contributed by atoms with Crippen LogP contribution >= 0.6 is 11.8 Å². The third-order valence-corrected chi connectivity index (χ3v) is 5.49. The third-order valence-electron chi connectivity index (χ3n) is 4.54. The Labute approximate surface area is 159 Å². The molecule has 0 saturated carbocycles. The minimum Gasteiger partial charge on any atom is -0.372 e. The smallest absolute Gasteiger partial charge is 0.233 e. The lowest BCUT2D eigenvalue weighted by Gasteiger charge is -2.35. The fourth-order valence-electron chi connectivity index (χ4n) is 3.21. The number of aromatic nitrogens is 2. The number of benzene rings is 1. The summed E-state index contributed by atoms with van der Waals surface area (Å²) in [5.74, 6) is 1.04. The number of nitrogens with zero attached hydrogens (tertiary/aromatic N) is 3. The van der Waals surface area contributed by atoms with Crippen molar-refractivity contribution in [3.05, 3.63) is 42.2 Å². The molecule has 2 atom stereocenters. The molecule has 6 heteroatoms. The number of thioether (sulfide) groups is 1. The molecule has 0 N–H and O–H groups in total. The highest BCUT2D eigenvalue weighted by Crippen LogP contribution is 2.23. The largest absolute Gasteiger partial charge is 0.372 e. The predicted octanol–water partition coefficient (Wildman–Crippen LogP) is 3.72. The molecule has 1 aliphatic heterocycles. The number of hydrogen-bond donors (Lipinski definition) is 0. The second-order valence-corrected chi connectivity index (χ2v) is 8.11. The first-order valence-electron chi connectivity index (χ1n) is 9.13. The van der Waals surface area contributed by atoms with Crippen LogP contribution in [0.1, 0.15) is 39.2 Å². The molecule has 1 aliphatic rings. The van der Waals surface area contributed by atoms with E-state index in [2.05, 4.69) is 43.1 Å². The van der Waals surface area contributed by atoms with Gasteiger partial charge in [-0.25, -0.2) is 4.98 Å². The Bertz CT molecular complexity index is 732. The van der Waals surface area contributed by atoms with Gasteiger partial charge in [0.15, 0.2) is 5.16 Å². The fraction of sp³-hybridized carbons (Fsp3) is 0.500. The molecule has 0 aliphatic carbocycles. The van der Waals surface area contributed by atoms with E-state index in [1.54, 1.807) is 6.20 Å². The molecule has 2 aromatic rings. The molecule has 1 aromatic carbocycles. The Balaban J connectivity index is 1.64. The van der Waals surface area contributed by atoms with Gasteiger partial charge in [0.25, 0.3) is 0 Å².